The summed E-state index contributed by atoms with van der Waals surface area (Å²) in [7, 11) is -3.05. The first-order chi connectivity index (χ1) is 11.7. The molecule has 3 rings (SSSR count). The van der Waals surface area contributed by atoms with Crippen molar-refractivity contribution in [2.75, 3.05) is 16.4 Å². The second kappa shape index (κ2) is 7.04. The quantitative estimate of drug-likeness (QED) is 0.713. The Morgan fingerprint density at radius 3 is 2.56 bits per heavy atom. The minimum atomic E-state index is -3.05. The van der Waals surface area contributed by atoms with Crippen molar-refractivity contribution < 1.29 is 13.2 Å². The summed E-state index contributed by atoms with van der Waals surface area (Å²) in [6, 6.07) is 3.85. The molecular weight excluding hydrogens is 424 g/mol. The topological polar surface area (TPSA) is 66.8 Å². The summed E-state index contributed by atoms with van der Waals surface area (Å²) < 4.78 is 25.2. The molecule has 1 aromatic rings. The van der Waals surface area contributed by atoms with Gasteiger partial charge in [-0.3, -0.25) is 4.79 Å². The van der Waals surface area contributed by atoms with Crippen molar-refractivity contribution in [3.8, 4) is 0 Å². The molecule has 2 aliphatic rings. The molecule has 2 unspecified atom stereocenters. The first-order valence-electron chi connectivity index (χ1n) is 8.26. The molecule has 0 aliphatic carbocycles. The van der Waals surface area contributed by atoms with E-state index in [-0.39, 0.29) is 28.7 Å². The number of hydrogen-bond acceptors (Lipinski definition) is 4. The Morgan fingerprint density at radius 2 is 1.96 bits per heavy atom. The average Bonchev–Trinajstić information content (AvgIpc) is 2.91. The van der Waals surface area contributed by atoms with Crippen molar-refractivity contribution in [1.82, 2.24) is 0 Å². The third kappa shape index (κ3) is 3.80. The van der Waals surface area contributed by atoms with Gasteiger partial charge in [0.15, 0.2) is 15.0 Å². The van der Waals surface area contributed by atoms with Gasteiger partial charge in [-0.05, 0) is 43.5 Å². The van der Waals surface area contributed by atoms with Crippen molar-refractivity contribution in [2.24, 2.45) is 4.99 Å². The second-order valence-electron chi connectivity index (χ2n) is 6.60. The number of aliphatic imine (C=N–C) groups is 1. The van der Waals surface area contributed by atoms with E-state index < -0.39 is 9.84 Å². The Bertz CT molecular complexity index is 828. The third-order valence-electron chi connectivity index (χ3n) is 4.45. The third-order valence-corrected chi connectivity index (χ3v) is 8.12. The van der Waals surface area contributed by atoms with Gasteiger partial charge >= 0.3 is 0 Å². The predicted molar refractivity (Wildman–Crippen MR) is 107 cm³/mol. The molecule has 0 saturated carbocycles. The lowest BCUT2D eigenvalue weighted by atomic mass is 10.1. The van der Waals surface area contributed by atoms with Crippen LogP contribution in [0, 0.1) is 13.8 Å². The van der Waals surface area contributed by atoms with Gasteiger partial charge in [-0.15, -0.1) is 0 Å². The zero-order chi connectivity index (χ0) is 18.4. The number of sulfone groups is 1. The summed E-state index contributed by atoms with van der Waals surface area (Å²) in [6.07, 6.45) is 1.15. The number of benzene rings is 1. The molecule has 0 aromatic heterocycles. The Morgan fingerprint density at radius 1 is 1.32 bits per heavy atom. The van der Waals surface area contributed by atoms with Gasteiger partial charge in [0.1, 0.15) is 0 Å². The number of amidine groups is 1. The lowest BCUT2D eigenvalue weighted by molar-refractivity contribution is -0.117. The van der Waals surface area contributed by atoms with E-state index in [4.69, 9.17) is 0 Å². The normalized spacial score (nSPS) is 26.2. The highest BCUT2D eigenvalue weighted by molar-refractivity contribution is 9.10. The van der Waals surface area contributed by atoms with Crippen LogP contribution in [0.4, 0.5) is 5.69 Å². The molecule has 1 amide bonds. The molecule has 0 spiro atoms. The number of halogens is 1. The highest BCUT2D eigenvalue weighted by Gasteiger charge is 2.49. The van der Waals surface area contributed by atoms with Crippen LogP contribution in [0.2, 0.25) is 0 Å². The SMILES string of the molecule is CCCC(=O)N=C1SC2CS(=O)(=O)CC2N1c1c(C)cc(Br)cc1C. The van der Waals surface area contributed by atoms with Crippen LogP contribution in [-0.2, 0) is 14.6 Å². The van der Waals surface area contributed by atoms with Crippen molar-refractivity contribution in [1.29, 1.82) is 0 Å². The standard InChI is InChI=1S/C17H21BrN2O3S2/c1-4-5-15(21)19-17-20(13-8-25(22,23)9-14(13)24-17)16-10(2)6-12(18)7-11(16)3/h6-7,13-14H,4-5,8-9H2,1-3H3. The zero-order valence-electron chi connectivity index (χ0n) is 14.5. The molecule has 136 valence electrons. The molecule has 2 fully saturated rings. The number of rotatable bonds is 3. The van der Waals surface area contributed by atoms with E-state index in [1.165, 1.54) is 11.8 Å². The van der Waals surface area contributed by atoms with Crippen LogP contribution in [0.25, 0.3) is 0 Å². The molecular formula is C17H21BrN2O3S2. The highest BCUT2D eigenvalue weighted by atomic mass is 79.9. The van der Waals surface area contributed by atoms with Gasteiger partial charge < -0.3 is 4.90 Å². The number of amides is 1. The van der Waals surface area contributed by atoms with E-state index in [1.807, 2.05) is 37.8 Å². The fourth-order valence-electron chi connectivity index (χ4n) is 3.49. The van der Waals surface area contributed by atoms with Crippen LogP contribution in [0.1, 0.15) is 30.9 Å². The van der Waals surface area contributed by atoms with E-state index in [0.717, 1.165) is 27.7 Å². The van der Waals surface area contributed by atoms with E-state index in [1.54, 1.807) is 0 Å². The van der Waals surface area contributed by atoms with Crippen molar-refractivity contribution >= 4 is 54.3 Å². The van der Waals surface area contributed by atoms with Gasteiger partial charge in [0.2, 0.25) is 5.91 Å². The molecule has 0 N–H and O–H groups in total. The van der Waals surface area contributed by atoms with Crippen molar-refractivity contribution in [2.45, 2.75) is 44.9 Å². The van der Waals surface area contributed by atoms with E-state index >= 15 is 0 Å². The summed E-state index contributed by atoms with van der Waals surface area (Å²) in [4.78, 5) is 18.4. The second-order valence-corrected chi connectivity index (χ2v) is 10.9. The number of anilines is 1. The lowest BCUT2D eigenvalue weighted by Crippen LogP contribution is -2.38. The summed E-state index contributed by atoms with van der Waals surface area (Å²) in [5.41, 5.74) is 3.03. The Balaban J connectivity index is 2.09. The van der Waals surface area contributed by atoms with E-state index in [0.29, 0.717) is 11.6 Å². The molecule has 0 radical (unpaired) electrons. The number of fused-ring (bicyclic) bond motifs is 1. The first kappa shape index (κ1) is 18.9. The first-order valence-corrected chi connectivity index (χ1v) is 11.8. The number of thioether (sulfide) groups is 1. The number of hydrogen-bond donors (Lipinski definition) is 0. The maximum absolute atomic E-state index is 12.1. The predicted octanol–water partition coefficient (Wildman–Crippen LogP) is 3.47. The van der Waals surface area contributed by atoms with Crippen LogP contribution in [0.3, 0.4) is 0 Å². The fraction of sp³-hybridized carbons (Fsp3) is 0.529. The Hall–Kier alpha value is -0.860. The molecule has 2 atom stereocenters. The number of carbonyl (C=O) groups is 1. The van der Waals surface area contributed by atoms with Crippen LogP contribution >= 0.6 is 27.7 Å². The van der Waals surface area contributed by atoms with Gasteiger partial charge in [0.25, 0.3) is 0 Å². The van der Waals surface area contributed by atoms with Crippen LogP contribution in [0.15, 0.2) is 21.6 Å². The van der Waals surface area contributed by atoms with Gasteiger partial charge in [-0.1, -0.05) is 34.6 Å². The van der Waals surface area contributed by atoms with Gasteiger partial charge in [-0.25, -0.2) is 8.42 Å². The molecule has 25 heavy (non-hydrogen) atoms. The summed E-state index contributed by atoms with van der Waals surface area (Å²) >= 11 is 4.93. The molecule has 2 aliphatic heterocycles. The van der Waals surface area contributed by atoms with E-state index in [9.17, 15) is 13.2 Å². The van der Waals surface area contributed by atoms with Gasteiger partial charge in [0, 0.05) is 21.8 Å². The van der Waals surface area contributed by atoms with Crippen LogP contribution < -0.4 is 4.90 Å². The Labute approximate surface area is 161 Å². The number of nitrogens with zero attached hydrogens (tertiary/aromatic N) is 2. The molecule has 0 bridgehead atoms. The maximum atomic E-state index is 12.1. The minimum absolute atomic E-state index is 0.0689. The summed E-state index contributed by atoms with van der Waals surface area (Å²) in [5.74, 6) is 0.111. The largest absolute Gasteiger partial charge is 0.315 e. The van der Waals surface area contributed by atoms with Gasteiger partial charge in [0.05, 0.1) is 17.5 Å². The summed E-state index contributed by atoms with van der Waals surface area (Å²) in [5, 5.41) is 0.567. The monoisotopic (exact) mass is 444 g/mol. The fourth-order valence-corrected chi connectivity index (χ4v) is 8.09. The van der Waals surface area contributed by atoms with Crippen LogP contribution in [0.5, 0.6) is 0 Å². The number of carbonyl (C=O) groups excluding carboxylic acids is 1. The minimum Gasteiger partial charge on any atom is -0.315 e. The smallest absolute Gasteiger partial charge is 0.248 e. The van der Waals surface area contributed by atoms with Crippen LogP contribution in [-0.4, -0.2) is 42.3 Å². The highest BCUT2D eigenvalue weighted by Crippen LogP contribution is 2.43. The molecule has 1 aromatic carbocycles. The maximum Gasteiger partial charge on any atom is 0.248 e. The number of aryl methyl sites for hydroxylation is 2. The lowest BCUT2D eigenvalue weighted by Gasteiger charge is -2.28. The molecule has 8 heteroatoms. The van der Waals surface area contributed by atoms with Crippen molar-refractivity contribution in [3.05, 3.63) is 27.7 Å². The summed E-state index contributed by atoms with van der Waals surface area (Å²) in [6.45, 7) is 5.95. The average molecular weight is 445 g/mol. The van der Waals surface area contributed by atoms with Crippen molar-refractivity contribution in [3.63, 3.8) is 0 Å². The zero-order valence-corrected chi connectivity index (χ0v) is 17.7. The Kier molecular flexibility index (Phi) is 5.33. The molecule has 2 heterocycles. The molecule has 2 saturated heterocycles. The molecule has 5 nitrogen and oxygen atoms in total. The van der Waals surface area contributed by atoms with E-state index in [2.05, 4.69) is 20.9 Å². The van der Waals surface area contributed by atoms with Gasteiger partial charge in [-0.2, -0.15) is 4.99 Å².